The number of hydrogen-bond donors (Lipinski definition) is 1. The normalized spacial score (nSPS) is 12.9. The van der Waals surface area contributed by atoms with Gasteiger partial charge in [-0.2, -0.15) is 0 Å². The Hall–Kier alpha value is -4.78. The molecule has 0 amide bonds. The number of aromatic nitrogens is 2. The second-order valence-corrected chi connectivity index (χ2v) is 7.96. The molecule has 1 aliphatic rings. The third kappa shape index (κ3) is 4.52. The van der Waals surface area contributed by atoms with Gasteiger partial charge < -0.3 is 23.9 Å². The fourth-order valence-electron chi connectivity index (χ4n) is 3.83. The van der Waals surface area contributed by atoms with Crippen molar-refractivity contribution < 1.29 is 18.6 Å². The van der Waals surface area contributed by atoms with Crippen molar-refractivity contribution in [3.8, 4) is 17.1 Å². The lowest BCUT2D eigenvalue weighted by Crippen LogP contribution is -1.97. The molecule has 0 radical (unpaired) electrons. The monoisotopic (exact) mass is 463 g/mol. The molecular formula is C28H21N3O4. The van der Waals surface area contributed by atoms with Gasteiger partial charge in [0.15, 0.2) is 5.76 Å². The van der Waals surface area contributed by atoms with E-state index in [1.807, 2.05) is 84.9 Å². The molecule has 7 nitrogen and oxygen atoms in total. The highest BCUT2D eigenvalue weighted by Gasteiger charge is 2.20. The molecule has 0 aliphatic carbocycles. The quantitative estimate of drug-likeness (QED) is 0.287. The Morgan fingerprint density at radius 3 is 2.49 bits per heavy atom. The van der Waals surface area contributed by atoms with Gasteiger partial charge in [0.05, 0.1) is 5.52 Å². The van der Waals surface area contributed by atoms with Crippen molar-refractivity contribution in [3.05, 3.63) is 115 Å². The summed E-state index contributed by atoms with van der Waals surface area (Å²) in [6, 6.07) is 27.6. The van der Waals surface area contributed by atoms with Gasteiger partial charge in [0.2, 0.25) is 0 Å². The van der Waals surface area contributed by atoms with E-state index in [0.29, 0.717) is 23.9 Å². The second-order valence-electron chi connectivity index (χ2n) is 7.96. The molecule has 2 aromatic heterocycles. The van der Waals surface area contributed by atoms with E-state index in [9.17, 15) is 0 Å². The Bertz CT molecular complexity index is 1470. The third-order valence-corrected chi connectivity index (χ3v) is 5.60. The molecule has 3 heterocycles. The summed E-state index contributed by atoms with van der Waals surface area (Å²) in [7, 11) is 0. The number of furan rings is 1. The first kappa shape index (κ1) is 20.8. The van der Waals surface area contributed by atoms with Crippen LogP contribution in [0.25, 0.3) is 22.2 Å². The maximum absolute atomic E-state index is 5.96. The molecule has 0 unspecified atom stereocenters. The Morgan fingerprint density at radius 1 is 0.829 bits per heavy atom. The van der Waals surface area contributed by atoms with E-state index in [0.717, 1.165) is 33.5 Å². The standard InChI is InChI=1S/C28H21N3O4/c1-2-4-19(5-3-1)17-34-22-9-7-21(8-10-22)31-27-23-16-20(6-11-24(23)29-18-30-27)25-12-13-26(35-25)28-32-14-15-33-28/h1-16,18,28H,17H2,(H,29,30,31). The number of rotatable bonds is 7. The SMILES string of the molecule is C1=COC(c2ccc(-c3ccc4ncnc(Nc5ccc(OCc6ccccc6)cc5)c4c3)o2)O1. The largest absolute Gasteiger partial charge is 0.489 e. The van der Waals surface area contributed by atoms with Crippen molar-refractivity contribution in [1.82, 2.24) is 9.97 Å². The van der Waals surface area contributed by atoms with Crippen molar-refractivity contribution in [2.75, 3.05) is 5.32 Å². The van der Waals surface area contributed by atoms with Crippen LogP contribution < -0.4 is 10.1 Å². The zero-order valence-electron chi connectivity index (χ0n) is 18.6. The topological polar surface area (TPSA) is 78.6 Å². The highest BCUT2D eigenvalue weighted by molar-refractivity contribution is 5.93. The van der Waals surface area contributed by atoms with Crippen molar-refractivity contribution in [2.24, 2.45) is 0 Å². The van der Waals surface area contributed by atoms with Crippen LogP contribution in [0.4, 0.5) is 11.5 Å². The van der Waals surface area contributed by atoms with Crippen molar-refractivity contribution in [3.63, 3.8) is 0 Å². The fourth-order valence-corrected chi connectivity index (χ4v) is 3.83. The number of anilines is 2. The summed E-state index contributed by atoms with van der Waals surface area (Å²) in [5.41, 5.74) is 3.75. The van der Waals surface area contributed by atoms with Gasteiger partial charge in [-0.05, 0) is 60.2 Å². The van der Waals surface area contributed by atoms with E-state index in [4.69, 9.17) is 18.6 Å². The predicted octanol–water partition coefficient (Wildman–Crippen LogP) is 6.73. The smallest absolute Gasteiger partial charge is 0.299 e. The first-order chi connectivity index (χ1) is 17.3. The molecule has 1 aliphatic heterocycles. The molecule has 0 fully saturated rings. The molecule has 35 heavy (non-hydrogen) atoms. The molecule has 0 atom stereocenters. The number of nitrogens with one attached hydrogen (secondary N) is 1. The summed E-state index contributed by atoms with van der Waals surface area (Å²) in [5.74, 6) is 2.81. The minimum absolute atomic E-state index is 0.525. The van der Waals surface area contributed by atoms with Crippen LogP contribution in [0.2, 0.25) is 0 Å². The van der Waals surface area contributed by atoms with Crippen LogP contribution in [0.15, 0.2) is 108 Å². The van der Waals surface area contributed by atoms with Gasteiger partial charge in [-0.1, -0.05) is 30.3 Å². The summed E-state index contributed by atoms with van der Waals surface area (Å²) in [6.45, 7) is 0.525. The van der Waals surface area contributed by atoms with E-state index in [1.54, 1.807) is 6.33 Å². The summed E-state index contributed by atoms with van der Waals surface area (Å²) in [4.78, 5) is 8.88. The van der Waals surface area contributed by atoms with Crippen LogP contribution in [0, 0.1) is 0 Å². The fraction of sp³-hybridized carbons (Fsp3) is 0.0714. The Labute approximate surface area is 201 Å². The lowest BCUT2D eigenvalue weighted by atomic mass is 10.1. The summed E-state index contributed by atoms with van der Waals surface area (Å²) in [6.07, 6.45) is 4.00. The van der Waals surface area contributed by atoms with Gasteiger partial charge in [0.1, 0.15) is 42.8 Å². The van der Waals surface area contributed by atoms with Crippen LogP contribution in [-0.4, -0.2) is 9.97 Å². The third-order valence-electron chi connectivity index (χ3n) is 5.60. The average Bonchev–Trinajstić information content (AvgIpc) is 3.62. The van der Waals surface area contributed by atoms with E-state index >= 15 is 0 Å². The van der Waals surface area contributed by atoms with Gasteiger partial charge in [0, 0.05) is 16.6 Å². The van der Waals surface area contributed by atoms with Crippen LogP contribution >= 0.6 is 0 Å². The zero-order valence-corrected chi connectivity index (χ0v) is 18.6. The van der Waals surface area contributed by atoms with Gasteiger partial charge in [-0.3, -0.25) is 0 Å². The van der Waals surface area contributed by atoms with Crippen LogP contribution in [0.3, 0.4) is 0 Å². The van der Waals surface area contributed by atoms with Gasteiger partial charge in [-0.15, -0.1) is 0 Å². The molecule has 3 aromatic carbocycles. The molecule has 7 heteroatoms. The number of ether oxygens (including phenoxy) is 3. The van der Waals surface area contributed by atoms with E-state index in [1.165, 1.54) is 12.5 Å². The van der Waals surface area contributed by atoms with Gasteiger partial charge in [0.25, 0.3) is 6.29 Å². The molecule has 1 N–H and O–H groups in total. The lowest BCUT2D eigenvalue weighted by molar-refractivity contribution is -0.0400. The van der Waals surface area contributed by atoms with E-state index in [-0.39, 0.29) is 0 Å². The minimum Gasteiger partial charge on any atom is -0.489 e. The predicted molar refractivity (Wildman–Crippen MR) is 132 cm³/mol. The molecular weight excluding hydrogens is 442 g/mol. The second kappa shape index (κ2) is 9.23. The number of hydrogen-bond acceptors (Lipinski definition) is 7. The average molecular weight is 463 g/mol. The molecule has 0 saturated carbocycles. The molecule has 172 valence electrons. The van der Waals surface area contributed by atoms with Crippen molar-refractivity contribution in [2.45, 2.75) is 12.9 Å². The molecule has 6 rings (SSSR count). The van der Waals surface area contributed by atoms with Crippen molar-refractivity contribution >= 4 is 22.4 Å². The zero-order chi connectivity index (χ0) is 23.5. The first-order valence-corrected chi connectivity index (χ1v) is 11.2. The summed E-state index contributed by atoms with van der Waals surface area (Å²) in [5, 5.41) is 4.27. The molecule has 5 aromatic rings. The number of fused-ring (bicyclic) bond motifs is 1. The van der Waals surface area contributed by atoms with Gasteiger partial charge in [-0.25, -0.2) is 9.97 Å². The highest BCUT2D eigenvalue weighted by Crippen LogP contribution is 2.33. The van der Waals surface area contributed by atoms with Crippen LogP contribution in [-0.2, 0) is 16.1 Å². The number of benzene rings is 3. The number of nitrogens with zero attached hydrogens (tertiary/aromatic N) is 2. The molecule has 0 spiro atoms. The summed E-state index contributed by atoms with van der Waals surface area (Å²) >= 11 is 0. The summed E-state index contributed by atoms with van der Waals surface area (Å²) < 4.78 is 22.6. The maximum Gasteiger partial charge on any atom is 0.299 e. The van der Waals surface area contributed by atoms with Gasteiger partial charge >= 0.3 is 0 Å². The Morgan fingerprint density at radius 2 is 1.66 bits per heavy atom. The van der Waals surface area contributed by atoms with Crippen molar-refractivity contribution in [1.29, 1.82) is 0 Å². The van der Waals surface area contributed by atoms with Crippen LogP contribution in [0.5, 0.6) is 5.75 Å². The Kier molecular flexibility index (Phi) is 5.48. The molecule has 0 saturated heterocycles. The Balaban J connectivity index is 1.21. The molecule has 0 bridgehead atoms. The minimum atomic E-state index is -0.551. The van der Waals surface area contributed by atoms with Crippen LogP contribution in [0.1, 0.15) is 17.6 Å². The first-order valence-electron chi connectivity index (χ1n) is 11.2. The lowest BCUT2D eigenvalue weighted by Gasteiger charge is -2.11. The maximum atomic E-state index is 5.96. The highest BCUT2D eigenvalue weighted by atomic mass is 16.7. The van der Waals surface area contributed by atoms with E-state index in [2.05, 4.69) is 15.3 Å². The van der Waals surface area contributed by atoms with E-state index < -0.39 is 6.29 Å².